The molecule has 1 aromatic heterocycles. The summed E-state index contributed by atoms with van der Waals surface area (Å²) < 4.78 is 0. The summed E-state index contributed by atoms with van der Waals surface area (Å²) in [5.74, 6) is 0.879. The molecule has 14 heavy (non-hydrogen) atoms. The number of rotatable bonds is 5. The number of hydrogen-bond acceptors (Lipinski definition) is 3. The summed E-state index contributed by atoms with van der Waals surface area (Å²) in [6.45, 7) is 6.61. The number of nitrogens with zero attached hydrogens (tertiary/aromatic N) is 1. The van der Waals surface area contributed by atoms with Crippen LogP contribution in [0.25, 0.3) is 0 Å². The number of aromatic nitrogens is 1. The minimum atomic E-state index is 0.715. The highest BCUT2D eigenvalue weighted by atomic mass is 35.5. The van der Waals surface area contributed by atoms with Gasteiger partial charge in [-0.3, -0.25) is 0 Å². The zero-order valence-corrected chi connectivity index (χ0v) is 9.36. The summed E-state index contributed by atoms with van der Waals surface area (Å²) in [6, 6.07) is 3.76. The Morgan fingerprint density at radius 2 is 2.07 bits per heavy atom. The largest absolute Gasteiger partial charge is 0.370 e. The van der Waals surface area contributed by atoms with Crippen LogP contribution < -0.4 is 10.6 Å². The molecule has 0 atom stereocenters. The van der Waals surface area contributed by atoms with E-state index in [-0.39, 0.29) is 0 Å². The van der Waals surface area contributed by atoms with Crippen molar-refractivity contribution in [1.82, 2.24) is 10.3 Å². The topological polar surface area (TPSA) is 37.0 Å². The van der Waals surface area contributed by atoms with Crippen molar-refractivity contribution >= 4 is 17.4 Å². The molecule has 0 aliphatic rings. The van der Waals surface area contributed by atoms with Gasteiger partial charge in [0.1, 0.15) is 5.82 Å². The van der Waals surface area contributed by atoms with Gasteiger partial charge in [0.25, 0.3) is 0 Å². The first-order chi connectivity index (χ1) is 6.77. The maximum absolute atomic E-state index is 6.00. The molecule has 1 aromatic rings. The minimum absolute atomic E-state index is 0.715. The molecule has 2 N–H and O–H groups in total. The average Bonchev–Trinajstić information content (AvgIpc) is 2.19. The standard InChI is InChI=1S/C10H16ClN3/c1-3-12-7-9-8(11)5-6-10(14-9)13-4-2/h5-6,12H,3-4,7H2,1-2H3,(H,13,14). The Kier molecular flexibility index (Phi) is 4.70. The molecule has 0 bridgehead atoms. The van der Waals surface area contributed by atoms with Crippen molar-refractivity contribution < 1.29 is 0 Å². The van der Waals surface area contributed by atoms with E-state index in [4.69, 9.17) is 11.6 Å². The molecule has 0 saturated heterocycles. The average molecular weight is 214 g/mol. The van der Waals surface area contributed by atoms with E-state index in [1.54, 1.807) is 0 Å². The second kappa shape index (κ2) is 5.83. The molecule has 1 rings (SSSR count). The summed E-state index contributed by atoms with van der Waals surface area (Å²) in [6.07, 6.45) is 0. The van der Waals surface area contributed by atoms with Gasteiger partial charge in [0.15, 0.2) is 0 Å². The first kappa shape index (κ1) is 11.3. The molecule has 3 nitrogen and oxygen atoms in total. The fourth-order valence-electron chi connectivity index (χ4n) is 1.13. The van der Waals surface area contributed by atoms with Crippen LogP contribution in [0.2, 0.25) is 5.02 Å². The highest BCUT2D eigenvalue weighted by Gasteiger charge is 2.02. The van der Waals surface area contributed by atoms with Crippen LogP contribution in [0.15, 0.2) is 12.1 Å². The molecule has 0 saturated carbocycles. The molecule has 78 valence electrons. The molecule has 0 aliphatic heterocycles. The van der Waals surface area contributed by atoms with Crippen LogP contribution in [0, 0.1) is 0 Å². The van der Waals surface area contributed by atoms with Gasteiger partial charge in [0.05, 0.1) is 10.7 Å². The number of pyridine rings is 1. The van der Waals surface area contributed by atoms with Crippen LogP contribution in [-0.4, -0.2) is 18.1 Å². The number of anilines is 1. The number of nitrogens with one attached hydrogen (secondary N) is 2. The van der Waals surface area contributed by atoms with Crippen LogP contribution in [0.4, 0.5) is 5.82 Å². The quantitative estimate of drug-likeness (QED) is 0.788. The SMILES string of the molecule is CCNCc1nc(NCC)ccc1Cl. The second-order valence-corrected chi connectivity index (χ2v) is 3.34. The van der Waals surface area contributed by atoms with Gasteiger partial charge in [-0.15, -0.1) is 0 Å². The van der Waals surface area contributed by atoms with Crippen molar-refractivity contribution in [2.24, 2.45) is 0 Å². The Bertz CT molecular complexity index is 289. The lowest BCUT2D eigenvalue weighted by Gasteiger charge is -2.07. The van der Waals surface area contributed by atoms with Gasteiger partial charge in [0, 0.05) is 13.1 Å². The van der Waals surface area contributed by atoms with E-state index in [1.807, 2.05) is 19.1 Å². The molecule has 0 spiro atoms. The summed E-state index contributed by atoms with van der Waals surface area (Å²) in [5.41, 5.74) is 0.895. The summed E-state index contributed by atoms with van der Waals surface area (Å²) >= 11 is 6.00. The van der Waals surface area contributed by atoms with Crippen molar-refractivity contribution in [1.29, 1.82) is 0 Å². The Balaban J connectivity index is 2.74. The second-order valence-electron chi connectivity index (χ2n) is 2.94. The first-order valence-electron chi connectivity index (χ1n) is 4.88. The lowest BCUT2D eigenvalue weighted by molar-refractivity contribution is 0.711. The van der Waals surface area contributed by atoms with Crippen LogP contribution in [0.1, 0.15) is 19.5 Å². The van der Waals surface area contributed by atoms with Gasteiger partial charge in [-0.2, -0.15) is 0 Å². The Morgan fingerprint density at radius 1 is 1.29 bits per heavy atom. The molecule has 4 heteroatoms. The molecular weight excluding hydrogens is 198 g/mol. The summed E-state index contributed by atoms with van der Waals surface area (Å²) in [5, 5.41) is 7.07. The number of halogens is 1. The predicted octanol–water partition coefficient (Wildman–Crippen LogP) is 2.28. The lowest BCUT2D eigenvalue weighted by atomic mass is 10.3. The van der Waals surface area contributed by atoms with Crippen molar-refractivity contribution in [2.45, 2.75) is 20.4 Å². The Hall–Kier alpha value is -0.800. The van der Waals surface area contributed by atoms with Crippen molar-refractivity contribution in [2.75, 3.05) is 18.4 Å². The van der Waals surface area contributed by atoms with Crippen LogP contribution in [-0.2, 0) is 6.54 Å². The molecule has 0 amide bonds. The van der Waals surface area contributed by atoms with Gasteiger partial charge in [-0.1, -0.05) is 18.5 Å². The maximum atomic E-state index is 6.00. The molecule has 0 fully saturated rings. The highest BCUT2D eigenvalue weighted by Crippen LogP contribution is 2.16. The van der Waals surface area contributed by atoms with Crippen LogP contribution in [0.5, 0.6) is 0 Å². The van der Waals surface area contributed by atoms with Gasteiger partial charge in [-0.25, -0.2) is 4.98 Å². The van der Waals surface area contributed by atoms with Crippen LogP contribution in [0.3, 0.4) is 0 Å². The van der Waals surface area contributed by atoms with Gasteiger partial charge < -0.3 is 10.6 Å². The molecule has 0 aromatic carbocycles. The van der Waals surface area contributed by atoms with E-state index in [9.17, 15) is 0 Å². The fourth-order valence-corrected chi connectivity index (χ4v) is 1.30. The molecular formula is C10H16ClN3. The highest BCUT2D eigenvalue weighted by molar-refractivity contribution is 6.31. The van der Waals surface area contributed by atoms with E-state index in [0.717, 1.165) is 24.6 Å². The summed E-state index contributed by atoms with van der Waals surface area (Å²) in [4.78, 5) is 4.39. The minimum Gasteiger partial charge on any atom is -0.370 e. The van der Waals surface area contributed by atoms with E-state index in [1.165, 1.54) is 0 Å². The van der Waals surface area contributed by atoms with Gasteiger partial charge >= 0.3 is 0 Å². The molecule has 0 aliphatic carbocycles. The van der Waals surface area contributed by atoms with Gasteiger partial charge in [-0.05, 0) is 25.6 Å². The Labute approximate surface area is 89.9 Å². The fraction of sp³-hybridized carbons (Fsp3) is 0.500. The van der Waals surface area contributed by atoms with E-state index < -0.39 is 0 Å². The van der Waals surface area contributed by atoms with Gasteiger partial charge in [0.2, 0.25) is 0 Å². The van der Waals surface area contributed by atoms with E-state index >= 15 is 0 Å². The molecule has 1 heterocycles. The molecule has 0 radical (unpaired) electrons. The van der Waals surface area contributed by atoms with Crippen molar-refractivity contribution in [3.05, 3.63) is 22.8 Å². The molecule has 0 unspecified atom stereocenters. The van der Waals surface area contributed by atoms with Crippen LogP contribution >= 0.6 is 11.6 Å². The zero-order valence-electron chi connectivity index (χ0n) is 8.60. The normalized spacial score (nSPS) is 10.2. The monoisotopic (exact) mass is 213 g/mol. The third-order valence-corrected chi connectivity index (χ3v) is 2.16. The third-order valence-electron chi connectivity index (χ3n) is 1.82. The predicted molar refractivity (Wildman–Crippen MR) is 60.8 cm³/mol. The van der Waals surface area contributed by atoms with E-state index in [2.05, 4.69) is 22.5 Å². The lowest BCUT2D eigenvalue weighted by Crippen LogP contribution is -2.14. The zero-order chi connectivity index (χ0) is 10.4. The van der Waals surface area contributed by atoms with Crippen molar-refractivity contribution in [3.63, 3.8) is 0 Å². The third kappa shape index (κ3) is 3.16. The maximum Gasteiger partial charge on any atom is 0.126 e. The first-order valence-corrected chi connectivity index (χ1v) is 5.25. The van der Waals surface area contributed by atoms with Crippen molar-refractivity contribution in [3.8, 4) is 0 Å². The van der Waals surface area contributed by atoms with E-state index in [0.29, 0.717) is 11.6 Å². The summed E-state index contributed by atoms with van der Waals surface area (Å²) in [7, 11) is 0. The number of hydrogen-bond donors (Lipinski definition) is 2. The Morgan fingerprint density at radius 3 is 2.71 bits per heavy atom. The smallest absolute Gasteiger partial charge is 0.126 e.